The minimum atomic E-state index is -0.381. The van der Waals surface area contributed by atoms with Crippen LogP contribution in [0.1, 0.15) is 0 Å². The number of anilines is 5. The summed E-state index contributed by atoms with van der Waals surface area (Å²) in [5, 5.41) is 8.77. The van der Waals surface area contributed by atoms with E-state index in [9.17, 15) is 4.79 Å². The molecule has 1 aliphatic rings. The Morgan fingerprint density at radius 2 is 1.65 bits per heavy atom. The van der Waals surface area contributed by atoms with Gasteiger partial charge in [-0.15, -0.1) is 0 Å². The fraction of sp³-hybridized carbons (Fsp3) is 0.227. The maximum absolute atomic E-state index is 12.3. The molecule has 1 fully saturated rings. The van der Waals surface area contributed by atoms with Gasteiger partial charge in [-0.1, -0.05) is 12.1 Å². The SMILES string of the molecule is CN1CCN(c2ccc(Nc3cc(NC(=O)Nc4ccccc4Br)ncn3)cc2)CC1. The summed E-state index contributed by atoms with van der Waals surface area (Å²) in [5.74, 6) is 0.995. The summed E-state index contributed by atoms with van der Waals surface area (Å²) in [5.41, 5.74) is 2.81. The molecule has 1 aromatic heterocycles. The van der Waals surface area contributed by atoms with Gasteiger partial charge in [-0.2, -0.15) is 0 Å². The Hall–Kier alpha value is -3.17. The molecule has 2 amide bonds. The number of para-hydroxylation sites is 1. The van der Waals surface area contributed by atoms with E-state index in [0.717, 1.165) is 36.3 Å². The number of nitrogens with one attached hydrogen (secondary N) is 3. The summed E-state index contributed by atoms with van der Waals surface area (Å²) in [7, 11) is 2.15. The van der Waals surface area contributed by atoms with E-state index < -0.39 is 0 Å². The molecule has 4 rings (SSSR count). The molecule has 0 bridgehead atoms. The number of rotatable bonds is 5. The van der Waals surface area contributed by atoms with Crippen molar-refractivity contribution >= 4 is 50.7 Å². The third-order valence-corrected chi connectivity index (χ3v) is 5.73. The lowest BCUT2D eigenvalue weighted by molar-refractivity contribution is 0.262. The van der Waals surface area contributed by atoms with Gasteiger partial charge >= 0.3 is 6.03 Å². The third kappa shape index (κ3) is 5.71. The lowest BCUT2D eigenvalue weighted by Gasteiger charge is -2.34. The molecule has 0 aliphatic carbocycles. The zero-order valence-corrected chi connectivity index (χ0v) is 18.8. The van der Waals surface area contributed by atoms with E-state index in [1.807, 2.05) is 36.4 Å². The van der Waals surface area contributed by atoms with Crippen LogP contribution in [0.4, 0.5) is 33.5 Å². The van der Waals surface area contributed by atoms with Crippen molar-refractivity contribution in [1.29, 1.82) is 0 Å². The van der Waals surface area contributed by atoms with Crippen LogP contribution in [0.5, 0.6) is 0 Å². The molecule has 0 spiro atoms. The van der Waals surface area contributed by atoms with Crippen LogP contribution in [-0.2, 0) is 0 Å². The first-order valence-corrected chi connectivity index (χ1v) is 10.8. The number of amides is 2. The highest BCUT2D eigenvalue weighted by molar-refractivity contribution is 9.10. The van der Waals surface area contributed by atoms with Crippen LogP contribution in [0.2, 0.25) is 0 Å². The molecule has 0 atom stereocenters. The van der Waals surface area contributed by atoms with Crippen molar-refractivity contribution in [3.8, 4) is 0 Å². The third-order valence-electron chi connectivity index (χ3n) is 5.04. The van der Waals surface area contributed by atoms with Crippen LogP contribution >= 0.6 is 15.9 Å². The van der Waals surface area contributed by atoms with Crippen LogP contribution in [0.15, 0.2) is 65.4 Å². The molecule has 0 radical (unpaired) electrons. The lowest BCUT2D eigenvalue weighted by Crippen LogP contribution is -2.44. The van der Waals surface area contributed by atoms with Gasteiger partial charge in [0.1, 0.15) is 18.0 Å². The Morgan fingerprint density at radius 1 is 0.935 bits per heavy atom. The predicted molar refractivity (Wildman–Crippen MR) is 128 cm³/mol. The normalized spacial score (nSPS) is 14.2. The highest BCUT2D eigenvalue weighted by Gasteiger charge is 2.14. The quantitative estimate of drug-likeness (QED) is 0.501. The van der Waals surface area contributed by atoms with E-state index in [2.05, 4.69) is 70.8 Å². The molecule has 160 valence electrons. The van der Waals surface area contributed by atoms with Gasteiger partial charge in [0.25, 0.3) is 0 Å². The number of piperazine rings is 1. The number of carbonyl (C=O) groups excluding carboxylic acids is 1. The molecule has 9 heteroatoms. The number of carbonyl (C=O) groups is 1. The Kier molecular flexibility index (Phi) is 6.63. The first kappa shape index (κ1) is 21.1. The van der Waals surface area contributed by atoms with Gasteiger partial charge in [0.05, 0.1) is 5.69 Å². The van der Waals surface area contributed by atoms with E-state index in [-0.39, 0.29) is 6.03 Å². The van der Waals surface area contributed by atoms with Gasteiger partial charge in [-0.05, 0) is 59.4 Å². The predicted octanol–water partition coefficient (Wildman–Crippen LogP) is 4.38. The van der Waals surface area contributed by atoms with Crippen molar-refractivity contribution in [2.75, 3.05) is 54.1 Å². The molecule has 2 aromatic carbocycles. The van der Waals surface area contributed by atoms with Gasteiger partial charge in [0, 0.05) is 48.1 Å². The summed E-state index contributed by atoms with van der Waals surface area (Å²) in [6, 6.07) is 17.0. The standard InChI is InChI=1S/C22H24BrN7O/c1-29-10-12-30(13-11-29)17-8-6-16(7-9-17)26-20-14-21(25-15-24-20)28-22(31)27-19-5-3-2-4-18(19)23/h2-9,14-15H,10-13H2,1H3,(H3,24,25,26,27,28,31). The molecule has 1 saturated heterocycles. The average molecular weight is 482 g/mol. The van der Waals surface area contributed by atoms with Crippen molar-refractivity contribution in [2.45, 2.75) is 0 Å². The summed E-state index contributed by atoms with van der Waals surface area (Å²) in [6.45, 7) is 4.22. The molecular formula is C22H24BrN7O. The Labute approximate surface area is 189 Å². The minimum absolute atomic E-state index is 0.381. The number of aromatic nitrogens is 2. The van der Waals surface area contributed by atoms with Crippen LogP contribution in [0, 0.1) is 0 Å². The number of nitrogens with zero attached hydrogens (tertiary/aromatic N) is 4. The van der Waals surface area contributed by atoms with E-state index in [1.54, 1.807) is 6.07 Å². The number of halogens is 1. The Balaban J connectivity index is 1.36. The first-order valence-electron chi connectivity index (χ1n) is 10.0. The van der Waals surface area contributed by atoms with Gasteiger partial charge in [0.2, 0.25) is 0 Å². The van der Waals surface area contributed by atoms with Crippen molar-refractivity contribution in [1.82, 2.24) is 14.9 Å². The second kappa shape index (κ2) is 9.76. The largest absolute Gasteiger partial charge is 0.369 e. The van der Waals surface area contributed by atoms with Crippen molar-refractivity contribution in [3.05, 3.63) is 65.4 Å². The molecule has 0 unspecified atom stereocenters. The summed E-state index contributed by atoms with van der Waals surface area (Å²) in [6.07, 6.45) is 1.41. The number of hydrogen-bond acceptors (Lipinski definition) is 6. The average Bonchev–Trinajstić information content (AvgIpc) is 2.77. The van der Waals surface area contributed by atoms with Crippen LogP contribution in [0.25, 0.3) is 0 Å². The van der Waals surface area contributed by atoms with Crippen LogP contribution in [-0.4, -0.2) is 54.1 Å². The second-order valence-corrected chi connectivity index (χ2v) is 8.16. The minimum Gasteiger partial charge on any atom is -0.369 e. The number of benzene rings is 2. The van der Waals surface area contributed by atoms with E-state index in [0.29, 0.717) is 17.3 Å². The van der Waals surface area contributed by atoms with Crippen LogP contribution in [0.3, 0.4) is 0 Å². The molecule has 3 N–H and O–H groups in total. The fourth-order valence-electron chi connectivity index (χ4n) is 3.29. The molecule has 3 aromatic rings. The van der Waals surface area contributed by atoms with E-state index in [1.165, 1.54) is 12.0 Å². The van der Waals surface area contributed by atoms with Crippen molar-refractivity contribution < 1.29 is 4.79 Å². The van der Waals surface area contributed by atoms with Crippen molar-refractivity contribution in [2.24, 2.45) is 0 Å². The van der Waals surface area contributed by atoms with Gasteiger partial charge in [0.15, 0.2) is 0 Å². The molecule has 8 nitrogen and oxygen atoms in total. The summed E-state index contributed by atoms with van der Waals surface area (Å²) >= 11 is 3.41. The summed E-state index contributed by atoms with van der Waals surface area (Å²) < 4.78 is 0.801. The van der Waals surface area contributed by atoms with Gasteiger partial charge < -0.3 is 20.4 Å². The highest BCUT2D eigenvalue weighted by Crippen LogP contribution is 2.23. The van der Waals surface area contributed by atoms with E-state index >= 15 is 0 Å². The molecule has 0 saturated carbocycles. The maximum Gasteiger partial charge on any atom is 0.324 e. The van der Waals surface area contributed by atoms with E-state index in [4.69, 9.17) is 0 Å². The van der Waals surface area contributed by atoms with Gasteiger partial charge in [-0.3, -0.25) is 5.32 Å². The summed E-state index contributed by atoms with van der Waals surface area (Å²) in [4.78, 5) is 25.4. The molecule has 31 heavy (non-hydrogen) atoms. The fourth-order valence-corrected chi connectivity index (χ4v) is 3.68. The first-order chi connectivity index (χ1) is 15.1. The Bertz CT molecular complexity index is 1040. The Morgan fingerprint density at radius 3 is 2.39 bits per heavy atom. The lowest BCUT2D eigenvalue weighted by atomic mass is 10.2. The molecular weight excluding hydrogens is 458 g/mol. The van der Waals surface area contributed by atoms with Gasteiger partial charge in [-0.25, -0.2) is 14.8 Å². The maximum atomic E-state index is 12.3. The molecule has 1 aliphatic heterocycles. The van der Waals surface area contributed by atoms with Crippen molar-refractivity contribution in [3.63, 3.8) is 0 Å². The number of urea groups is 1. The zero-order chi connectivity index (χ0) is 21.6. The highest BCUT2D eigenvalue weighted by atomic mass is 79.9. The zero-order valence-electron chi connectivity index (χ0n) is 17.2. The topological polar surface area (TPSA) is 85.4 Å². The molecule has 2 heterocycles. The number of likely N-dealkylation sites (N-methyl/N-ethyl adjacent to an activating group) is 1. The second-order valence-electron chi connectivity index (χ2n) is 7.31. The number of hydrogen-bond donors (Lipinski definition) is 3. The monoisotopic (exact) mass is 481 g/mol. The smallest absolute Gasteiger partial charge is 0.324 e. The van der Waals surface area contributed by atoms with Crippen LogP contribution < -0.4 is 20.9 Å².